The van der Waals surface area contributed by atoms with Gasteiger partial charge in [-0.25, -0.2) is 13.4 Å². The number of hydrogen-bond acceptors (Lipinski definition) is 6. The highest BCUT2D eigenvalue weighted by Crippen LogP contribution is 2.30. The van der Waals surface area contributed by atoms with E-state index in [0.717, 1.165) is 31.5 Å². The summed E-state index contributed by atoms with van der Waals surface area (Å²) in [5.41, 5.74) is -0.431. The maximum absolute atomic E-state index is 12.9. The Morgan fingerprint density at radius 1 is 1.25 bits per heavy atom. The smallest absolute Gasteiger partial charge is 0.319 e. The molecule has 0 amide bonds. The molecule has 1 aromatic carbocycles. The molecule has 1 N–H and O–H groups in total. The Balaban J connectivity index is 1.85. The van der Waals surface area contributed by atoms with Crippen LogP contribution in [0.2, 0.25) is 0 Å². The number of halogens is 2. The molecule has 2 heterocycles. The summed E-state index contributed by atoms with van der Waals surface area (Å²) in [6.07, 6.45) is 4.75. The van der Waals surface area contributed by atoms with E-state index >= 15 is 0 Å². The summed E-state index contributed by atoms with van der Waals surface area (Å²) < 4.78 is 53.1. The molecule has 0 radical (unpaired) electrons. The number of hydrogen-bond donors (Lipinski definition) is 1. The lowest BCUT2D eigenvalue weighted by Crippen LogP contribution is -2.35. The normalized spacial score (nSPS) is 15.7. The van der Waals surface area contributed by atoms with Crippen molar-refractivity contribution in [3.8, 4) is 0 Å². The summed E-state index contributed by atoms with van der Waals surface area (Å²) in [6, 6.07) is 3.54. The van der Waals surface area contributed by atoms with Gasteiger partial charge >= 0.3 is 6.55 Å². The summed E-state index contributed by atoms with van der Waals surface area (Å²) in [7, 11) is -3.83. The number of nitrogens with one attached hydrogen (secondary N) is 1. The van der Waals surface area contributed by atoms with E-state index in [1.807, 2.05) is 0 Å². The van der Waals surface area contributed by atoms with Crippen molar-refractivity contribution in [1.29, 1.82) is 0 Å². The Kier molecular flexibility index (Phi) is 5.89. The monoisotopic (exact) mass is 415 g/mol. The fraction of sp³-hybridized carbons (Fsp3) is 0.438. The second kappa shape index (κ2) is 8.19. The zero-order valence-electron chi connectivity index (χ0n) is 14.8. The van der Waals surface area contributed by atoms with E-state index in [1.165, 1.54) is 22.6 Å². The molecular formula is C16H19F2N5O4S. The molecule has 0 spiro atoms. The molecule has 1 aromatic heterocycles. The molecule has 1 aliphatic rings. The SMILES string of the molecule is O=[N+]([O-])c1cc(S(=O)(=O)N2CCCCC2)ccc1NCc1nccn1C(F)F. The topological polar surface area (TPSA) is 110 Å². The van der Waals surface area contributed by atoms with Crippen molar-refractivity contribution in [3.63, 3.8) is 0 Å². The van der Waals surface area contributed by atoms with Crippen molar-refractivity contribution in [2.45, 2.75) is 37.3 Å². The summed E-state index contributed by atoms with van der Waals surface area (Å²) in [6.45, 7) is -2.21. The van der Waals surface area contributed by atoms with Gasteiger partial charge in [0, 0.05) is 31.5 Å². The van der Waals surface area contributed by atoms with Gasteiger partial charge in [-0.2, -0.15) is 13.1 Å². The number of sulfonamides is 1. The molecule has 0 unspecified atom stereocenters. The molecule has 1 aliphatic heterocycles. The predicted molar refractivity (Wildman–Crippen MR) is 96.5 cm³/mol. The lowest BCUT2D eigenvalue weighted by Gasteiger charge is -2.25. The first kappa shape index (κ1) is 20.1. The molecule has 12 heteroatoms. The van der Waals surface area contributed by atoms with Crippen LogP contribution in [0.15, 0.2) is 35.5 Å². The number of nitro benzene ring substituents is 1. The number of piperidine rings is 1. The largest absolute Gasteiger partial charge is 0.372 e. The van der Waals surface area contributed by atoms with Gasteiger partial charge in [0.05, 0.1) is 16.4 Å². The minimum atomic E-state index is -3.83. The van der Waals surface area contributed by atoms with E-state index in [1.54, 1.807) is 0 Å². The van der Waals surface area contributed by atoms with Crippen LogP contribution in [0.25, 0.3) is 0 Å². The van der Waals surface area contributed by atoms with Crippen molar-refractivity contribution in [2.24, 2.45) is 0 Å². The summed E-state index contributed by atoms with van der Waals surface area (Å²) >= 11 is 0. The van der Waals surface area contributed by atoms with Gasteiger partial charge in [0.1, 0.15) is 11.5 Å². The third-order valence-electron chi connectivity index (χ3n) is 4.51. The summed E-state index contributed by atoms with van der Waals surface area (Å²) in [4.78, 5) is 14.3. The van der Waals surface area contributed by atoms with Gasteiger partial charge in [-0.05, 0) is 25.0 Å². The van der Waals surface area contributed by atoms with Crippen molar-refractivity contribution in [2.75, 3.05) is 18.4 Å². The van der Waals surface area contributed by atoms with Crippen LogP contribution in [0.3, 0.4) is 0 Å². The number of aromatic nitrogens is 2. The first-order valence-corrected chi connectivity index (χ1v) is 10.1. The fourth-order valence-corrected chi connectivity index (χ4v) is 4.60. The molecule has 0 aliphatic carbocycles. The van der Waals surface area contributed by atoms with Crippen molar-refractivity contribution in [1.82, 2.24) is 13.9 Å². The van der Waals surface area contributed by atoms with Gasteiger partial charge in [-0.15, -0.1) is 0 Å². The lowest BCUT2D eigenvalue weighted by atomic mass is 10.2. The number of rotatable bonds is 7. The highest BCUT2D eigenvalue weighted by atomic mass is 32.2. The van der Waals surface area contributed by atoms with E-state index in [2.05, 4.69) is 10.3 Å². The highest BCUT2D eigenvalue weighted by Gasteiger charge is 2.28. The van der Waals surface area contributed by atoms with Crippen LogP contribution in [0.5, 0.6) is 0 Å². The minimum Gasteiger partial charge on any atom is -0.372 e. The quantitative estimate of drug-likeness (QED) is 0.550. The number of alkyl halides is 2. The molecule has 0 bridgehead atoms. The Morgan fingerprint density at radius 2 is 1.96 bits per heavy atom. The summed E-state index contributed by atoms with van der Waals surface area (Å²) in [5, 5.41) is 14.1. The van der Waals surface area contributed by atoms with E-state index in [9.17, 15) is 27.3 Å². The molecule has 9 nitrogen and oxygen atoms in total. The van der Waals surface area contributed by atoms with Crippen LogP contribution in [-0.2, 0) is 16.6 Å². The zero-order valence-corrected chi connectivity index (χ0v) is 15.6. The number of nitro groups is 1. The fourth-order valence-electron chi connectivity index (χ4n) is 3.06. The number of anilines is 1. The molecule has 0 atom stereocenters. The predicted octanol–water partition coefficient (Wildman–Crippen LogP) is 2.97. The van der Waals surface area contributed by atoms with Gasteiger partial charge in [-0.3, -0.25) is 14.7 Å². The van der Waals surface area contributed by atoms with E-state index < -0.39 is 27.2 Å². The highest BCUT2D eigenvalue weighted by molar-refractivity contribution is 7.89. The third kappa shape index (κ3) is 4.12. The van der Waals surface area contributed by atoms with Crippen molar-refractivity contribution in [3.05, 3.63) is 46.5 Å². The second-order valence-electron chi connectivity index (χ2n) is 6.28. The summed E-state index contributed by atoms with van der Waals surface area (Å²) in [5.74, 6) is -0.00527. The molecule has 1 saturated heterocycles. The van der Waals surface area contributed by atoms with Gasteiger partial charge in [-0.1, -0.05) is 6.42 Å². The first-order valence-electron chi connectivity index (χ1n) is 8.63. The zero-order chi connectivity index (χ0) is 20.3. The lowest BCUT2D eigenvalue weighted by molar-refractivity contribution is -0.384. The van der Waals surface area contributed by atoms with Crippen molar-refractivity contribution >= 4 is 21.4 Å². The average Bonchev–Trinajstić information content (AvgIpc) is 3.15. The maximum atomic E-state index is 12.9. The van der Waals surface area contributed by atoms with Crippen LogP contribution < -0.4 is 5.32 Å². The van der Waals surface area contributed by atoms with Gasteiger partial charge < -0.3 is 5.32 Å². The van der Waals surface area contributed by atoms with Crippen LogP contribution in [-0.4, -0.2) is 40.3 Å². The molecule has 2 aromatic rings. The van der Waals surface area contributed by atoms with Gasteiger partial charge in [0.25, 0.3) is 5.69 Å². The molecular weight excluding hydrogens is 396 g/mol. The molecule has 152 valence electrons. The van der Waals surface area contributed by atoms with Gasteiger partial charge in [0.2, 0.25) is 10.0 Å². The van der Waals surface area contributed by atoms with Gasteiger partial charge in [0.15, 0.2) is 0 Å². The molecule has 3 rings (SSSR count). The number of nitrogens with zero attached hydrogens (tertiary/aromatic N) is 4. The minimum absolute atomic E-state index is 0.00527. The van der Waals surface area contributed by atoms with E-state index in [0.29, 0.717) is 17.7 Å². The standard InChI is InChI=1S/C16H19F2N5O4S/c17-16(18)22-9-6-19-15(22)11-20-13-5-4-12(10-14(13)23(24)25)28(26,27)21-7-2-1-3-8-21/h4-6,9-10,16,20H,1-3,7-8,11H2. The van der Waals surface area contributed by atoms with E-state index in [-0.39, 0.29) is 23.0 Å². The van der Waals surface area contributed by atoms with E-state index in [4.69, 9.17) is 0 Å². The number of imidazole rings is 1. The Morgan fingerprint density at radius 3 is 2.61 bits per heavy atom. The van der Waals surface area contributed by atoms with Crippen LogP contribution in [0.1, 0.15) is 31.6 Å². The Hall–Kier alpha value is -2.60. The molecule has 1 fully saturated rings. The molecule has 0 saturated carbocycles. The second-order valence-corrected chi connectivity index (χ2v) is 8.22. The molecule has 28 heavy (non-hydrogen) atoms. The number of benzene rings is 1. The van der Waals surface area contributed by atoms with Crippen molar-refractivity contribution < 1.29 is 22.1 Å². The Labute approximate surface area is 160 Å². The first-order chi connectivity index (χ1) is 13.3. The average molecular weight is 415 g/mol. The van der Waals surface area contributed by atoms with Crippen LogP contribution >= 0.6 is 0 Å². The Bertz CT molecular complexity index is 958. The third-order valence-corrected chi connectivity index (χ3v) is 6.41. The van der Waals surface area contributed by atoms with Crippen LogP contribution in [0, 0.1) is 10.1 Å². The maximum Gasteiger partial charge on any atom is 0.319 e. The van der Waals surface area contributed by atoms with Crippen LogP contribution in [0.4, 0.5) is 20.2 Å².